The quantitative estimate of drug-likeness (QED) is 0.289. The molecule has 4 nitrogen and oxygen atoms in total. The average molecular weight is 417 g/mol. The lowest BCUT2D eigenvalue weighted by atomic mass is 10.1. The minimum absolute atomic E-state index is 0.0629. The molecule has 0 bridgehead atoms. The van der Waals surface area contributed by atoms with Gasteiger partial charge in [0.15, 0.2) is 6.10 Å². The maximum atomic E-state index is 12.9. The first kappa shape index (κ1) is 22.2. The highest BCUT2D eigenvalue weighted by atomic mass is 16.6. The molecule has 0 aliphatic carbocycles. The Morgan fingerprint density at radius 2 is 1.55 bits per heavy atom. The van der Waals surface area contributed by atoms with Crippen molar-refractivity contribution in [3.63, 3.8) is 0 Å². The van der Waals surface area contributed by atoms with Gasteiger partial charge in [0.25, 0.3) is 0 Å². The average Bonchev–Trinajstić information content (AvgIpc) is 2.77. The fourth-order valence-corrected chi connectivity index (χ4v) is 3.04. The standard InChI is InChI=1S/C27H28O4/c1-5-25(21-10-9-13-24(18-21)29-22-11-7-6-8-12-22)31-27(28)26(19(2)3)30-23-16-14-20(4)15-17-23/h5-19,25-26H,1H2,2-4H3. The molecule has 3 rings (SSSR count). The highest BCUT2D eigenvalue weighted by Crippen LogP contribution is 2.28. The van der Waals surface area contributed by atoms with Crippen molar-refractivity contribution >= 4 is 5.97 Å². The van der Waals surface area contributed by atoms with Crippen LogP contribution in [-0.2, 0) is 9.53 Å². The van der Waals surface area contributed by atoms with Crippen molar-refractivity contribution in [1.82, 2.24) is 0 Å². The molecule has 0 radical (unpaired) electrons. The van der Waals surface area contributed by atoms with Crippen LogP contribution in [0.1, 0.15) is 31.1 Å². The molecule has 0 N–H and O–H groups in total. The van der Waals surface area contributed by atoms with Crippen LogP contribution >= 0.6 is 0 Å². The number of para-hydroxylation sites is 1. The first-order valence-corrected chi connectivity index (χ1v) is 10.4. The molecule has 2 atom stereocenters. The third-order valence-electron chi connectivity index (χ3n) is 4.74. The van der Waals surface area contributed by atoms with Crippen LogP contribution in [0.5, 0.6) is 17.2 Å². The van der Waals surface area contributed by atoms with Gasteiger partial charge in [-0.3, -0.25) is 0 Å². The van der Waals surface area contributed by atoms with Crippen molar-refractivity contribution in [1.29, 1.82) is 0 Å². The van der Waals surface area contributed by atoms with E-state index in [1.54, 1.807) is 6.08 Å². The lowest BCUT2D eigenvalue weighted by Gasteiger charge is -2.24. The van der Waals surface area contributed by atoms with Gasteiger partial charge in [0.2, 0.25) is 0 Å². The van der Waals surface area contributed by atoms with Gasteiger partial charge in [-0.05, 0) is 49.4 Å². The van der Waals surface area contributed by atoms with E-state index in [4.69, 9.17) is 14.2 Å². The molecular formula is C27H28O4. The summed E-state index contributed by atoms with van der Waals surface area (Å²) in [6.45, 7) is 9.70. The summed E-state index contributed by atoms with van der Waals surface area (Å²) < 4.78 is 17.6. The summed E-state index contributed by atoms with van der Waals surface area (Å²) in [6.07, 6.45) is 0.256. The number of rotatable bonds is 9. The van der Waals surface area contributed by atoms with Crippen LogP contribution in [0.15, 0.2) is 91.5 Å². The van der Waals surface area contributed by atoms with Crippen molar-refractivity contribution in [2.45, 2.75) is 33.0 Å². The Bertz CT molecular complexity index is 993. The molecule has 0 heterocycles. The molecule has 160 valence electrons. The zero-order chi connectivity index (χ0) is 22.2. The molecule has 0 aromatic heterocycles. The summed E-state index contributed by atoms with van der Waals surface area (Å²) in [5.74, 6) is 1.53. The molecule has 2 unspecified atom stereocenters. The first-order valence-electron chi connectivity index (χ1n) is 10.4. The maximum Gasteiger partial charge on any atom is 0.348 e. The van der Waals surface area contributed by atoms with Gasteiger partial charge in [0.1, 0.15) is 23.4 Å². The van der Waals surface area contributed by atoms with E-state index >= 15 is 0 Å². The van der Waals surface area contributed by atoms with E-state index in [0.29, 0.717) is 11.5 Å². The van der Waals surface area contributed by atoms with Gasteiger partial charge in [-0.1, -0.05) is 68.5 Å². The Kier molecular flexibility index (Phi) is 7.50. The van der Waals surface area contributed by atoms with Crippen LogP contribution < -0.4 is 9.47 Å². The fraction of sp³-hybridized carbons (Fsp3) is 0.222. The number of ether oxygens (including phenoxy) is 3. The number of carbonyl (C=O) groups excluding carboxylic acids is 1. The monoisotopic (exact) mass is 416 g/mol. The lowest BCUT2D eigenvalue weighted by Crippen LogP contribution is -2.35. The summed E-state index contributed by atoms with van der Waals surface area (Å²) in [4.78, 5) is 12.9. The van der Waals surface area contributed by atoms with Gasteiger partial charge in [-0.15, -0.1) is 0 Å². The van der Waals surface area contributed by atoms with Crippen molar-refractivity contribution in [2.75, 3.05) is 0 Å². The van der Waals surface area contributed by atoms with E-state index in [2.05, 4.69) is 6.58 Å². The second kappa shape index (κ2) is 10.5. The number of hydrogen-bond acceptors (Lipinski definition) is 4. The fourth-order valence-electron chi connectivity index (χ4n) is 3.04. The SMILES string of the molecule is C=CC(OC(=O)C(Oc1ccc(C)cc1)C(C)C)c1cccc(Oc2ccccc2)c1. The number of carbonyl (C=O) groups is 1. The topological polar surface area (TPSA) is 44.8 Å². The van der Waals surface area contributed by atoms with E-state index in [1.807, 2.05) is 99.6 Å². The molecule has 0 amide bonds. The summed E-state index contributed by atoms with van der Waals surface area (Å²) in [5, 5.41) is 0. The Hall–Kier alpha value is -3.53. The van der Waals surface area contributed by atoms with E-state index in [-0.39, 0.29) is 5.92 Å². The van der Waals surface area contributed by atoms with Gasteiger partial charge in [0, 0.05) is 11.5 Å². The highest BCUT2D eigenvalue weighted by Gasteiger charge is 2.28. The maximum absolute atomic E-state index is 12.9. The van der Waals surface area contributed by atoms with Gasteiger partial charge >= 0.3 is 5.97 Å². The Balaban J connectivity index is 1.72. The van der Waals surface area contributed by atoms with Crippen molar-refractivity contribution in [2.24, 2.45) is 5.92 Å². The van der Waals surface area contributed by atoms with Crippen LogP contribution in [0.2, 0.25) is 0 Å². The number of aryl methyl sites for hydroxylation is 1. The van der Waals surface area contributed by atoms with E-state index in [1.165, 1.54) is 0 Å². The summed E-state index contributed by atoms with van der Waals surface area (Å²) in [7, 11) is 0. The van der Waals surface area contributed by atoms with Gasteiger partial charge in [-0.2, -0.15) is 0 Å². The minimum atomic E-state index is -0.728. The van der Waals surface area contributed by atoms with Gasteiger partial charge in [-0.25, -0.2) is 4.79 Å². The van der Waals surface area contributed by atoms with Crippen LogP contribution in [0.25, 0.3) is 0 Å². The minimum Gasteiger partial charge on any atom is -0.478 e. The third-order valence-corrected chi connectivity index (χ3v) is 4.74. The van der Waals surface area contributed by atoms with Crippen molar-refractivity contribution in [3.05, 3.63) is 103 Å². The molecule has 3 aromatic carbocycles. The second-order valence-electron chi connectivity index (χ2n) is 7.68. The van der Waals surface area contributed by atoms with Crippen molar-refractivity contribution in [3.8, 4) is 17.2 Å². The van der Waals surface area contributed by atoms with Crippen LogP contribution in [0, 0.1) is 12.8 Å². The Morgan fingerprint density at radius 3 is 2.19 bits per heavy atom. The number of benzene rings is 3. The highest BCUT2D eigenvalue weighted by molar-refractivity contribution is 5.76. The first-order chi connectivity index (χ1) is 15.0. The molecule has 3 aromatic rings. The summed E-state index contributed by atoms with van der Waals surface area (Å²) in [5.41, 5.74) is 1.90. The molecule has 0 aliphatic heterocycles. The summed E-state index contributed by atoms with van der Waals surface area (Å²) in [6, 6.07) is 24.6. The molecule has 0 aliphatic rings. The lowest BCUT2D eigenvalue weighted by molar-refractivity contribution is -0.157. The van der Waals surface area contributed by atoms with E-state index < -0.39 is 18.2 Å². The largest absolute Gasteiger partial charge is 0.478 e. The smallest absolute Gasteiger partial charge is 0.348 e. The van der Waals surface area contributed by atoms with Crippen LogP contribution in [0.3, 0.4) is 0 Å². The zero-order valence-electron chi connectivity index (χ0n) is 18.2. The summed E-state index contributed by atoms with van der Waals surface area (Å²) >= 11 is 0. The van der Waals surface area contributed by atoms with E-state index in [0.717, 1.165) is 16.9 Å². The Labute approximate surface area is 184 Å². The molecule has 0 saturated heterocycles. The Morgan fingerprint density at radius 1 is 0.871 bits per heavy atom. The third kappa shape index (κ3) is 6.22. The molecule has 0 fully saturated rings. The van der Waals surface area contributed by atoms with Gasteiger partial charge in [0.05, 0.1) is 0 Å². The second-order valence-corrected chi connectivity index (χ2v) is 7.68. The molecular weight excluding hydrogens is 388 g/mol. The van der Waals surface area contributed by atoms with E-state index in [9.17, 15) is 4.79 Å². The van der Waals surface area contributed by atoms with Crippen LogP contribution in [-0.4, -0.2) is 12.1 Å². The van der Waals surface area contributed by atoms with Crippen LogP contribution in [0.4, 0.5) is 0 Å². The van der Waals surface area contributed by atoms with Crippen molar-refractivity contribution < 1.29 is 19.0 Å². The normalized spacial score (nSPS) is 12.6. The molecule has 31 heavy (non-hydrogen) atoms. The predicted octanol–water partition coefficient (Wildman–Crippen LogP) is 6.66. The number of hydrogen-bond donors (Lipinski definition) is 0. The zero-order valence-corrected chi connectivity index (χ0v) is 18.2. The number of esters is 1. The molecule has 0 saturated carbocycles. The predicted molar refractivity (Wildman–Crippen MR) is 122 cm³/mol. The molecule has 0 spiro atoms. The van der Waals surface area contributed by atoms with Gasteiger partial charge < -0.3 is 14.2 Å². The molecule has 4 heteroatoms.